The number of halogens is 1. The first kappa shape index (κ1) is 16.6. The van der Waals surface area contributed by atoms with Gasteiger partial charge in [0.25, 0.3) is 0 Å². The largest absolute Gasteiger partial charge is 0.396 e. The Morgan fingerprint density at radius 1 is 1.05 bits per heavy atom. The standard InChI is InChI=1S/C19H20ClNO/c20-18-12-5-4-8-16(18)11-6-14-21-19(13-7-15-22)17-9-2-1-3-10-17/h1-5,8-10,12,19,21-22H,7,13-15H2. The number of nitrogens with one attached hydrogen (secondary N) is 1. The maximum atomic E-state index is 9.04. The first-order valence-electron chi connectivity index (χ1n) is 7.44. The molecule has 2 N–H and O–H groups in total. The van der Waals surface area contributed by atoms with Crippen molar-refractivity contribution in [3.8, 4) is 11.8 Å². The van der Waals surface area contributed by atoms with Gasteiger partial charge in [-0.25, -0.2) is 0 Å². The molecular weight excluding hydrogens is 294 g/mol. The molecule has 0 saturated carbocycles. The van der Waals surface area contributed by atoms with E-state index in [0.29, 0.717) is 11.6 Å². The fourth-order valence-electron chi connectivity index (χ4n) is 2.24. The van der Waals surface area contributed by atoms with Crippen molar-refractivity contribution in [1.29, 1.82) is 0 Å². The quantitative estimate of drug-likeness (QED) is 0.795. The Labute approximate surface area is 137 Å². The Kier molecular flexibility index (Phi) is 6.99. The van der Waals surface area contributed by atoms with Crippen molar-refractivity contribution < 1.29 is 5.11 Å². The summed E-state index contributed by atoms with van der Waals surface area (Å²) in [5.74, 6) is 6.19. The third kappa shape index (κ3) is 5.20. The fraction of sp³-hybridized carbons (Fsp3) is 0.263. The minimum atomic E-state index is 0.203. The summed E-state index contributed by atoms with van der Waals surface area (Å²) in [7, 11) is 0. The highest BCUT2D eigenvalue weighted by atomic mass is 35.5. The van der Waals surface area contributed by atoms with Crippen LogP contribution in [0.3, 0.4) is 0 Å². The minimum absolute atomic E-state index is 0.203. The third-order valence-electron chi connectivity index (χ3n) is 3.39. The van der Waals surface area contributed by atoms with Crippen LogP contribution in [0.25, 0.3) is 0 Å². The Morgan fingerprint density at radius 2 is 1.77 bits per heavy atom. The number of benzene rings is 2. The molecule has 2 rings (SSSR count). The molecule has 0 radical (unpaired) electrons. The van der Waals surface area contributed by atoms with Crippen molar-refractivity contribution in [1.82, 2.24) is 5.32 Å². The molecule has 2 aromatic carbocycles. The summed E-state index contributed by atoms with van der Waals surface area (Å²) < 4.78 is 0. The van der Waals surface area contributed by atoms with Gasteiger partial charge < -0.3 is 5.11 Å². The Bertz CT molecular complexity index is 631. The molecule has 22 heavy (non-hydrogen) atoms. The SMILES string of the molecule is OCCCC(NCC#Cc1ccccc1Cl)c1ccccc1. The Morgan fingerprint density at radius 3 is 2.50 bits per heavy atom. The van der Waals surface area contributed by atoms with Gasteiger partial charge in [0, 0.05) is 18.2 Å². The molecule has 3 heteroatoms. The minimum Gasteiger partial charge on any atom is -0.396 e. The lowest BCUT2D eigenvalue weighted by atomic mass is 10.0. The van der Waals surface area contributed by atoms with E-state index in [1.54, 1.807) is 0 Å². The van der Waals surface area contributed by atoms with Gasteiger partial charge in [0.05, 0.1) is 11.6 Å². The zero-order valence-electron chi connectivity index (χ0n) is 12.4. The van der Waals surface area contributed by atoms with Crippen molar-refractivity contribution in [2.75, 3.05) is 13.2 Å². The molecule has 0 aromatic heterocycles. The van der Waals surface area contributed by atoms with Gasteiger partial charge in [0.2, 0.25) is 0 Å². The molecule has 0 bridgehead atoms. The molecule has 2 nitrogen and oxygen atoms in total. The zero-order valence-corrected chi connectivity index (χ0v) is 13.2. The zero-order chi connectivity index (χ0) is 15.6. The second-order valence-corrected chi connectivity index (χ2v) is 5.40. The molecule has 0 amide bonds. The first-order valence-corrected chi connectivity index (χ1v) is 7.81. The van der Waals surface area contributed by atoms with E-state index in [1.165, 1.54) is 5.56 Å². The van der Waals surface area contributed by atoms with Gasteiger partial charge in [-0.1, -0.05) is 65.9 Å². The summed E-state index contributed by atoms with van der Waals surface area (Å²) in [6, 6.07) is 18.0. The molecule has 114 valence electrons. The van der Waals surface area contributed by atoms with Crippen LogP contribution in [-0.2, 0) is 0 Å². The van der Waals surface area contributed by atoms with E-state index in [9.17, 15) is 0 Å². The molecule has 0 saturated heterocycles. The van der Waals surface area contributed by atoms with Crippen molar-refractivity contribution >= 4 is 11.6 Å². The van der Waals surface area contributed by atoms with E-state index in [0.717, 1.165) is 18.4 Å². The molecule has 0 aliphatic heterocycles. The predicted octanol–water partition coefficient (Wildman–Crippen LogP) is 3.79. The van der Waals surface area contributed by atoms with Gasteiger partial charge >= 0.3 is 0 Å². The van der Waals surface area contributed by atoms with Gasteiger partial charge in [-0.2, -0.15) is 0 Å². The maximum absolute atomic E-state index is 9.04. The summed E-state index contributed by atoms with van der Waals surface area (Å²) in [6.07, 6.45) is 1.65. The number of rotatable bonds is 6. The van der Waals surface area contributed by atoms with E-state index in [2.05, 4.69) is 29.3 Å². The lowest BCUT2D eigenvalue weighted by molar-refractivity contribution is 0.276. The molecule has 1 atom stereocenters. The highest BCUT2D eigenvalue weighted by Gasteiger charge is 2.08. The highest BCUT2D eigenvalue weighted by molar-refractivity contribution is 6.31. The van der Waals surface area contributed by atoms with Crippen LogP contribution >= 0.6 is 11.6 Å². The molecule has 0 fully saturated rings. The molecule has 2 aromatic rings. The number of hydrogen-bond acceptors (Lipinski definition) is 2. The summed E-state index contributed by atoms with van der Waals surface area (Å²) in [4.78, 5) is 0. The molecular formula is C19H20ClNO. The lowest BCUT2D eigenvalue weighted by Gasteiger charge is -2.17. The van der Waals surface area contributed by atoms with Crippen molar-refractivity contribution in [3.63, 3.8) is 0 Å². The van der Waals surface area contributed by atoms with Crippen LogP contribution in [0.5, 0.6) is 0 Å². The van der Waals surface area contributed by atoms with E-state index < -0.39 is 0 Å². The van der Waals surface area contributed by atoms with Gasteiger partial charge in [-0.3, -0.25) is 5.32 Å². The normalized spacial score (nSPS) is 11.5. The van der Waals surface area contributed by atoms with E-state index in [-0.39, 0.29) is 12.6 Å². The second kappa shape index (κ2) is 9.27. The lowest BCUT2D eigenvalue weighted by Crippen LogP contribution is -2.22. The first-order chi connectivity index (χ1) is 10.8. The van der Waals surface area contributed by atoms with Crippen molar-refractivity contribution in [2.24, 2.45) is 0 Å². The third-order valence-corrected chi connectivity index (χ3v) is 3.72. The van der Waals surface area contributed by atoms with Crippen LogP contribution in [0.2, 0.25) is 5.02 Å². The van der Waals surface area contributed by atoms with Crippen molar-refractivity contribution in [2.45, 2.75) is 18.9 Å². The molecule has 1 unspecified atom stereocenters. The number of aliphatic hydroxyl groups excluding tert-OH is 1. The van der Waals surface area contributed by atoms with Gasteiger partial charge in [-0.05, 0) is 30.5 Å². The average molecular weight is 314 g/mol. The predicted molar refractivity (Wildman–Crippen MR) is 91.8 cm³/mol. The summed E-state index contributed by atoms with van der Waals surface area (Å²) in [6.45, 7) is 0.784. The van der Waals surface area contributed by atoms with Crippen LogP contribution in [0, 0.1) is 11.8 Å². The highest BCUT2D eigenvalue weighted by Crippen LogP contribution is 2.17. The summed E-state index contributed by atoms with van der Waals surface area (Å²) >= 11 is 6.08. The van der Waals surface area contributed by atoms with Crippen LogP contribution in [0.1, 0.15) is 30.0 Å². The maximum Gasteiger partial charge on any atom is 0.0585 e. The van der Waals surface area contributed by atoms with Crippen LogP contribution < -0.4 is 5.32 Å². The average Bonchev–Trinajstić information content (AvgIpc) is 2.56. The van der Waals surface area contributed by atoms with E-state index in [4.69, 9.17) is 16.7 Å². The smallest absolute Gasteiger partial charge is 0.0585 e. The summed E-state index contributed by atoms with van der Waals surface area (Å²) in [5.41, 5.74) is 2.06. The number of aliphatic hydroxyl groups is 1. The van der Waals surface area contributed by atoms with Gasteiger partial charge in [0.1, 0.15) is 0 Å². The number of hydrogen-bond donors (Lipinski definition) is 2. The van der Waals surface area contributed by atoms with Gasteiger partial charge in [0.15, 0.2) is 0 Å². The van der Waals surface area contributed by atoms with Crippen LogP contribution in [-0.4, -0.2) is 18.3 Å². The van der Waals surface area contributed by atoms with Crippen molar-refractivity contribution in [3.05, 3.63) is 70.7 Å². The Hall–Kier alpha value is -1.79. The molecule has 0 spiro atoms. The van der Waals surface area contributed by atoms with E-state index >= 15 is 0 Å². The van der Waals surface area contributed by atoms with Crippen LogP contribution in [0.15, 0.2) is 54.6 Å². The molecule has 0 aliphatic rings. The second-order valence-electron chi connectivity index (χ2n) is 4.99. The molecule has 0 aliphatic carbocycles. The summed E-state index contributed by atoms with van der Waals surface area (Å²) in [5, 5.41) is 13.2. The monoisotopic (exact) mass is 313 g/mol. The Balaban J connectivity index is 1.96. The topological polar surface area (TPSA) is 32.3 Å². The fourth-order valence-corrected chi connectivity index (χ4v) is 2.43. The van der Waals surface area contributed by atoms with Crippen LogP contribution in [0.4, 0.5) is 0 Å². The van der Waals surface area contributed by atoms with Gasteiger partial charge in [-0.15, -0.1) is 0 Å². The van der Waals surface area contributed by atoms with E-state index in [1.807, 2.05) is 42.5 Å². The molecule has 0 heterocycles.